The fraction of sp³-hybridized carbons (Fsp3) is 0.619. The van der Waals surface area contributed by atoms with Gasteiger partial charge in [0.05, 0.1) is 0 Å². The molecule has 1 N–H and O–H groups in total. The van der Waals surface area contributed by atoms with E-state index >= 15 is 0 Å². The molecular formula is C21H29N3O2. The highest BCUT2D eigenvalue weighted by Crippen LogP contribution is 2.33. The van der Waals surface area contributed by atoms with E-state index in [1.807, 2.05) is 40.1 Å². The Labute approximate surface area is 155 Å². The molecule has 0 radical (unpaired) electrons. The number of rotatable bonds is 3. The lowest BCUT2D eigenvalue weighted by atomic mass is 9.89. The molecule has 3 aliphatic heterocycles. The summed E-state index contributed by atoms with van der Waals surface area (Å²) >= 11 is 0. The van der Waals surface area contributed by atoms with Crippen LogP contribution in [0.1, 0.15) is 48.9 Å². The van der Waals surface area contributed by atoms with E-state index in [1.54, 1.807) is 0 Å². The average Bonchev–Trinajstić information content (AvgIpc) is 2.87. The first-order valence-corrected chi connectivity index (χ1v) is 10.1. The maximum atomic E-state index is 12.8. The van der Waals surface area contributed by atoms with Crippen molar-refractivity contribution < 1.29 is 9.59 Å². The van der Waals surface area contributed by atoms with Crippen LogP contribution in [0.3, 0.4) is 0 Å². The van der Waals surface area contributed by atoms with Gasteiger partial charge in [-0.2, -0.15) is 0 Å². The van der Waals surface area contributed by atoms with E-state index in [0.717, 1.165) is 37.9 Å². The van der Waals surface area contributed by atoms with Crippen molar-refractivity contribution in [1.29, 1.82) is 0 Å². The molecule has 5 nitrogen and oxygen atoms in total. The molecule has 2 bridgehead atoms. The van der Waals surface area contributed by atoms with Crippen molar-refractivity contribution in [2.24, 2.45) is 5.92 Å². The van der Waals surface area contributed by atoms with E-state index in [2.05, 4.69) is 5.32 Å². The fourth-order valence-corrected chi connectivity index (χ4v) is 4.85. The van der Waals surface area contributed by atoms with Crippen LogP contribution in [0.25, 0.3) is 0 Å². The summed E-state index contributed by atoms with van der Waals surface area (Å²) in [5, 5.41) is 3.65. The van der Waals surface area contributed by atoms with Crippen LogP contribution in [0, 0.1) is 5.92 Å². The van der Waals surface area contributed by atoms with Crippen molar-refractivity contribution in [3.05, 3.63) is 35.9 Å². The highest BCUT2D eigenvalue weighted by molar-refractivity contribution is 5.94. The third-order valence-electron chi connectivity index (χ3n) is 6.19. The van der Waals surface area contributed by atoms with Crippen LogP contribution in [-0.2, 0) is 4.79 Å². The standard InChI is InChI=1S/C21H29N3O2/c25-20(15-16-13-18-7-8-19(14-16)22-18)23-9-4-10-24(12-11-23)21(26)17-5-2-1-3-6-17/h1-3,5-6,16,18-19,22H,4,7-15H2. The summed E-state index contributed by atoms with van der Waals surface area (Å²) in [6.45, 7) is 2.80. The highest BCUT2D eigenvalue weighted by atomic mass is 16.2. The number of piperidine rings is 1. The van der Waals surface area contributed by atoms with Crippen molar-refractivity contribution in [3.8, 4) is 0 Å². The Morgan fingerprint density at radius 1 is 0.923 bits per heavy atom. The second kappa shape index (κ2) is 7.78. The molecule has 2 atom stereocenters. The number of nitrogens with one attached hydrogen (secondary N) is 1. The van der Waals surface area contributed by atoms with Gasteiger partial charge >= 0.3 is 0 Å². The Hall–Kier alpha value is -1.88. The van der Waals surface area contributed by atoms with E-state index < -0.39 is 0 Å². The number of carbonyl (C=O) groups excluding carboxylic acids is 2. The van der Waals surface area contributed by atoms with Crippen LogP contribution in [0.15, 0.2) is 30.3 Å². The summed E-state index contributed by atoms with van der Waals surface area (Å²) in [5.41, 5.74) is 0.734. The Kier molecular flexibility index (Phi) is 5.25. The first kappa shape index (κ1) is 17.5. The van der Waals surface area contributed by atoms with E-state index in [9.17, 15) is 9.59 Å². The largest absolute Gasteiger partial charge is 0.341 e. The molecule has 3 saturated heterocycles. The lowest BCUT2D eigenvalue weighted by molar-refractivity contribution is -0.132. The molecule has 5 heteroatoms. The molecule has 3 fully saturated rings. The minimum absolute atomic E-state index is 0.0785. The summed E-state index contributed by atoms with van der Waals surface area (Å²) in [6.07, 6.45) is 6.39. The summed E-state index contributed by atoms with van der Waals surface area (Å²) < 4.78 is 0. The van der Waals surface area contributed by atoms with Gasteiger partial charge in [0.15, 0.2) is 0 Å². The van der Waals surface area contributed by atoms with Gasteiger partial charge in [-0.1, -0.05) is 18.2 Å². The molecule has 2 amide bonds. The topological polar surface area (TPSA) is 52.7 Å². The molecular weight excluding hydrogens is 326 g/mol. The molecule has 1 aromatic carbocycles. The van der Waals surface area contributed by atoms with Crippen molar-refractivity contribution >= 4 is 11.8 Å². The van der Waals surface area contributed by atoms with Gasteiger partial charge in [-0.3, -0.25) is 9.59 Å². The number of nitrogens with zero attached hydrogens (tertiary/aromatic N) is 2. The van der Waals surface area contributed by atoms with Crippen molar-refractivity contribution in [2.75, 3.05) is 26.2 Å². The second-order valence-electron chi connectivity index (χ2n) is 8.07. The first-order valence-electron chi connectivity index (χ1n) is 10.1. The predicted molar refractivity (Wildman–Crippen MR) is 101 cm³/mol. The quantitative estimate of drug-likeness (QED) is 0.905. The van der Waals surface area contributed by atoms with Gasteiger partial charge in [0.1, 0.15) is 0 Å². The van der Waals surface area contributed by atoms with Crippen molar-refractivity contribution in [2.45, 2.75) is 50.6 Å². The maximum absolute atomic E-state index is 12.8. The van der Waals surface area contributed by atoms with Crippen LogP contribution in [-0.4, -0.2) is 59.9 Å². The molecule has 0 spiro atoms. The Morgan fingerprint density at radius 2 is 1.58 bits per heavy atom. The maximum Gasteiger partial charge on any atom is 0.253 e. The summed E-state index contributed by atoms with van der Waals surface area (Å²) in [7, 11) is 0. The molecule has 3 aliphatic rings. The Balaban J connectivity index is 1.30. The van der Waals surface area contributed by atoms with Gasteiger partial charge in [-0.15, -0.1) is 0 Å². The number of benzene rings is 1. The molecule has 140 valence electrons. The third-order valence-corrected chi connectivity index (χ3v) is 6.19. The molecule has 0 aliphatic carbocycles. The smallest absolute Gasteiger partial charge is 0.253 e. The average molecular weight is 355 g/mol. The summed E-state index contributed by atoms with van der Waals surface area (Å²) in [4.78, 5) is 29.3. The van der Waals surface area contributed by atoms with Gasteiger partial charge < -0.3 is 15.1 Å². The number of hydrogen-bond acceptors (Lipinski definition) is 3. The minimum atomic E-state index is 0.0785. The zero-order valence-electron chi connectivity index (χ0n) is 15.4. The number of amides is 2. The number of hydrogen-bond donors (Lipinski definition) is 1. The van der Waals surface area contributed by atoms with Crippen LogP contribution < -0.4 is 5.32 Å². The molecule has 1 aromatic rings. The first-order chi connectivity index (χ1) is 12.7. The van der Waals surface area contributed by atoms with Gasteiger partial charge in [-0.05, 0) is 50.2 Å². The van der Waals surface area contributed by atoms with E-state index in [4.69, 9.17) is 0 Å². The lowest BCUT2D eigenvalue weighted by Crippen LogP contribution is -2.41. The number of fused-ring (bicyclic) bond motifs is 2. The van der Waals surface area contributed by atoms with Crippen molar-refractivity contribution in [3.63, 3.8) is 0 Å². The number of carbonyl (C=O) groups is 2. The molecule has 3 heterocycles. The van der Waals surface area contributed by atoms with Gasteiger partial charge in [0, 0.05) is 50.2 Å². The Morgan fingerprint density at radius 3 is 2.31 bits per heavy atom. The second-order valence-corrected chi connectivity index (χ2v) is 8.07. The molecule has 0 aromatic heterocycles. The molecule has 2 unspecified atom stereocenters. The lowest BCUT2D eigenvalue weighted by Gasteiger charge is -2.30. The molecule has 26 heavy (non-hydrogen) atoms. The zero-order chi connectivity index (χ0) is 17.9. The van der Waals surface area contributed by atoms with E-state index in [0.29, 0.717) is 37.5 Å². The Bertz CT molecular complexity index is 636. The summed E-state index contributed by atoms with van der Waals surface area (Å²) in [5.74, 6) is 0.895. The van der Waals surface area contributed by atoms with Gasteiger partial charge in [0.25, 0.3) is 5.91 Å². The third kappa shape index (κ3) is 3.93. The monoisotopic (exact) mass is 355 g/mol. The molecule has 0 saturated carbocycles. The van der Waals surface area contributed by atoms with Gasteiger partial charge in [0.2, 0.25) is 5.91 Å². The van der Waals surface area contributed by atoms with Crippen LogP contribution >= 0.6 is 0 Å². The molecule has 4 rings (SSSR count). The van der Waals surface area contributed by atoms with Crippen LogP contribution in [0.4, 0.5) is 0 Å². The normalized spacial score (nSPS) is 28.7. The van der Waals surface area contributed by atoms with Gasteiger partial charge in [-0.25, -0.2) is 0 Å². The fourth-order valence-electron chi connectivity index (χ4n) is 4.85. The van der Waals surface area contributed by atoms with Crippen LogP contribution in [0.5, 0.6) is 0 Å². The van der Waals surface area contributed by atoms with Crippen LogP contribution in [0.2, 0.25) is 0 Å². The van der Waals surface area contributed by atoms with Crippen molar-refractivity contribution in [1.82, 2.24) is 15.1 Å². The van der Waals surface area contributed by atoms with E-state index in [1.165, 1.54) is 12.8 Å². The summed E-state index contributed by atoms with van der Waals surface area (Å²) in [6, 6.07) is 10.7. The zero-order valence-corrected chi connectivity index (χ0v) is 15.4. The van der Waals surface area contributed by atoms with E-state index in [-0.39, 0.29) is 11.8 Å². The predicted octanol–water partition coefficient (Wildman–Crippen LogP) is 2.28. The SMILES string of the molecule is O=C(CC1CC2CCC(C1)N2)N1CCCN(C(=O)c2ccccc2)CC1. The highest BCUT2D eigenvalue weighted by Gasteiger charge is 2.35. The minimum Gasteiger partial charge on any atom is -0.341 e.